The van der Waals surface area contributed by atoms with Crippen molar-refractivity contribution in [2.24, 2.45) is 0 Å². The molecule has 0 N–H and O–H groups in total. The van der Waals surface area contributed by atoms with E-state index in [9.17, 15) is 4.39 Å². The van der Waals surface area contributed by atoms with Gasteiger partial charge in [-0.15, -0.1) is 0 Å². The smallest absolute Gasteiger partial charge is 0.398 e. The Balaban J connectivity index is 1.88. The minimum atomic E-state index is -0.938. The maximum atomic E-state index is 14.7. The lowest BCUT2D eigenvalue weighted by Gasteiger charge is -2.32. The van der Waals surface area contributed by atoms with Gasteiger partial charge in [0, 0.05) is 5.92 Å². The van der Waals surface area contributed by atoms with Gasteiger partial charge in [-0.3, -0.25) is 0 Å². The number of rotatable bonds is 3. The maximum Gasteiger partial charge on any atom is 0.524 e. The summed E-state index contributed by atoms with van der Waals surface area (Å²) in [7, 11) is -0.938. The minimum Gasteiger partial charge on any atom is -0.398 e. The molecule has 1 fully saturated rings. The standard InChI is InChI=1S/C20H24BFO2/c1-14(16-12-8-10-15-9-6-7-11-17(15)16)13-18(22)21-23-19(2,3)20(4,5)24-21/h6-14H,1-5H3. The van der Waals surface area contributed by atoms with Crippen molar-refractivity contribution in [1.29, 1.82) is 0 Å². The molecule has 3 rings (SSSR count). The number of hydrogen-bond acceptors (Lipinski definition) is 2. The number of hydrogen-bond donors (Lipinski definition) is 0. The van der Waals surface area contributed by atoms with E-state index >= 15 is 0 Å². The molecule has 126 valence electrons. The van der Waals surface area contributed by atoms with Gasteiger partial charge in [0.05, 0.1) is 11.2 Å². The lowest BCUT2D eigenvalue weighted by molar-refractivity contribution is 0.00578. The highest BCUT2D eigenvalue weighted by atomic mass is 19.1. The molecule has 1 atom stereocenters. The fraction of sp³-hybridized carbons (Fsp3) is 0.400. The molecule has 1 unspecified atom stereocenters. The number of allylic oxidation sites excluding steroid dienone is 1. The first kappa shape index (κ1) is 17.2. The Morgan fingerprint density at radius 2 is 1.58 bits per heavy atom. The fourth-order valence-corrected chi connectivity index (χ4v) is 3.01. The third-order valence-corrected chi connectivity index (χ3v) is 5.20. The Hall–Kier alpha value is -1.65. The van der Waals surface area contributed by atoms with Gasteiger partial charge in [0.15, 0.2) is 0 Å². The van der Waals surface area contributed by atoms with Gasteiger partial charge in [0.25, 0.3) is 0 Å². The molecule has 0 spiro atoms. The van der Waals surface area contributed by atoms with Crippen molar-refractivity contribution in [1.82, 2.24) is 0 Å². The Morgan fingerprint density at radius 1 is 1.00 bits per heavy atom. The van der Waals surface area contributed by atoms with E-state index in [2.05, 4.69) is 18.2 Å². The van der Waals surface area contributed by atoms with Crippen LogP contribution in [0.5, 0.6) is 0 Å². The molecule has 0 amide bonds. The van der Waals surface area contributed by atoms with Crippen LogP contribution in [0.25, 0.3) is 10.8 Å². The predicted octanol–water partition coefficient (Wildman–Crippen LogP) is 5.43. The minimum absolute atomic E-state index is 0.0740. The van der Waals surface area contributed by atoms with Gasteiger partial charge < -0.3 is 9.31 Å². The van der Waals surface area contributed by atoms with Gasteiger partial charge in [-0.25, -0.2) is 4.39 Å². The van der Waals surface area contributed by atoms with E-state index in [0.717, 1.165) is 16.3 Å². The quantitative estimate of drug-likeness (QED) is 0.700. The highest BCUT2D eigenvalue weighted by Crippen LogP contribution is 2.39. The van der Waals surface area contributed by atoms with Crippen LogP contribution < -0.4 is 0 Å². The van der Waals surface area contributed by atoms with Crippen molar-refractivity contribution in [2.75, 3.05) is 0 Å². The van der Waals surface area contributed by atoms with Gasteiger partial charge in [-0.1, -0.05) is 49.4 Å². The zero-order chi connectivity index (χ0) is 17.5. The fourth-order valence-electron chi connectivity index (χ4n) is 3.01. The number of benzene rings is 2. The second-order valence-corrected chi connectivity index (χ2v) is 7.50. The lowest BCUT2D eigenvalue weighted by atomic mass is 9.84. The Labute approximate surface area is 143 Å². The molecular weight excluding hydrogens is 302 g/mol. The largest absolute Gasteiger partial charge is 0.524 e. The second kappa shape index (κ2) is 6.01. The molecule has 1 aliphatic heterocycles. The molecule has 1 saturated heterocycles. The summed E-state index contributed by atoms with van der Waals surface area (Å²) in [4.78, 5) is 0. The number of halogens is 1. The summed E-state index contributed by atoms with van der Waals surface area (Å²) in [6, 6.07) is 14.3. The molecule has 2 nitrogen and oxygen atoms in total. The molecule has 1 heterocycles. The molecular formula is C20H24BFO2. The molecule has 0 saturated carbocycles. The topological polar surface area (TPSA) is 18.5 Å². The highest BCUT2D eigenvalue weighted by molar-refractivity contribution is 6.53. The zero-order valence-electron chi connectivity index (χ0n) is 15.0. The summed E-state index contributed by atoms with van der Waals surface area (Å²) in [5.74, 6) is -0.0740. The van der Waals surface area contributed by atoms with E-state index in [0.29, 0.717) is 0 Å². The molecule has 2 aromatic carbocycles. The van der Waals surface area contributed by atoms with Crippen molar-refractivity contribution in [3.05, 3.63) is 59.8 Å². The first-order chi connectivity index (χ1) is 11.2. The van der Waals surface area contributed by atoms with Gasteiger partial charge in [-0.2, -0.15) is 0 Å². The molecule has 24 heavy (non-hydrogen) atoms. The van der Waals surface area contributed by atoms with Crippen LogP contribution in [-0.4, -0.2) is 18.3 Å². The Bertz CT molecular complexity index is 761. The van der Waals surface area contributed by atoms with Crippen molar-refractivity contribution in [3.8, 4) is 0 Å². The summed E-state index contributed by atoms with van der Waals surface area (Å²) in [5.41, 5.74) is -0.342. The van der Waals surface area contributed by atoms with Crippen LogP contribution in [0.1, 0.15) is 46.1 Å². The van der Waals surface area contributed by atoms with E-state index in [-0.39, 0.29) is 11.6 Å². The third-order valence-electron chi connectivity index (χ3n) is 5.20. The molecule has 1 aliphatic rings. The molecule has 0 radical (unpaired) electrons. The van der Waals surface area contributed by atoms with Crippen molar-refractivity contribution >= 4 is 17.9 Å². The Kier molecular flexibility index (Phi) is 4.31. The van der Waals surface area contributed by atoms with Crippen LogP contribution in [0.3, 0.4) is 0 Å². The van der Waals surface area contributed by atoms with E-state index < -0.39 is 18.3 Å². The van der Waals surface area contributed by atoms with Gasteiger partial charge in [0.2, 0.25) is 0 Å². The van der Waals surface area contributed by atoms with Gasteiger partial charge >= 0.3 is 7.12 Å². The molecule has 0 bridgehead atoms. The van der Waals surface area contributed by atoms with E-state index in [1.807, 2.05) is 58.9 Å². The van der Waals surface area contributed by atoms with Crippen LogP contribution >= 0.6 is 0 Å². The summed E-state index contributed by atoms with van der Waals surface area (Å²) < 4.78 is 26.3. The second-order valence-electron chi connectivity index (χ2n) is 7.50. The highest BCUT2D eigenvalue weighted by Gasteiger charge is 2.53. The Morgan fingerprint density at radius 3 is 2.25 bits per heavy atom. The maximum absolute atomic E-state index is 14.7. The molecule has 4 heteroatoms. The first-order valence-corrected chi connectivity index (χ1v) is 8.42. The van der Waals surface area contributed by atoms with Crippen LogP contribution in [0.2, 0.25) is 0 Å². The van der Waals surface area contributed by atoms with Gasteiger partial charge in [0.1, 0.15) is 5.73 Å². The normalized spacial score (nSPS) is 21.2. The van der Waals surface area contributed by atoms with Crippen LogP contribution in [0, 0.1) is 0 Å². The molecule has 2 aromatic rings. The zero-order valence-corrected chi connectivity index (χ0v) is 15.0. The molecule has 0 aliphatic carbocycles. The van der Waals surface area contributed by atoms with E-state index in [4.69, 9.17) is 9.31 Å². The van der Waals surface area contributed by atoms with Crippen LogP contribution in [-0.2, 0) is 9.31 Å². The van der Waals surface area contributed by atoms with Gasteiger partial charge in [-0.05, 0) is 50.1 Å². The SMILES string of the molecule is CC(C=C(F)B1OC(C)(C)C(C)(C)O1)c1cccc2ccccc12. The van der Waals surface area contributed by atoms with Crippen molar-refractivity contribution < 1.29 is 13.7 Å². The summed E-state index contributed by atoms with van der Waals surface area (Å²) in [5, 5.41) is 2.30. The van der Waals surface area contributed by atoms with Crippen molar-refractivity contribution in [3.63, 3.8) is 0 Å². The monoisotopic (exact) mass is 326 g/mol. The lowest BCUT2D eigenvalue weighted by Crippen LogP contribution is -2.41. The predicted molar refractivity (Wildman–Crippen MR) is 97.6 cm³/mol. The average molecular weight is 326 g/mol. The summed E-state index contributed by atoms with van der Waals surface area (Å²) >= 11 is 0. The van der Waals surface area contributed by atoms with E-state index in [1.165, 1.54) is 0 Å². The molecule has 0 aromatic heterocycles. The van der Waals surface area contributed by atoms with E-state index in [1.54, 1.807) is 6.08 Å². The average Bonchev–Trinajstić information content (AvgIpc) is 2.75. The summed E-state index contributed by atoms with van der Waals surface area (Å²) in [6.07, 6.45) is 1.60. The summed E-state index contributed by atoms with van der Waals surface area (Å²) in [6.45, 7) is 9.69. The van der Waals surface area contributed by atoms with Crippen LogP contribution in [0.15, 0.2) is 54.3 Å². The van der Waals surface area contributed by atoms with Crippen molar-refractivity contribution in [2.45, 2.75) is 51.7 Å². The third kappa shape index (κ3) is 3.01. The number of fused-ring (bicyclic) bond motifs is 1. The first-order valence-electron chi connectivity index (χ1n) is 8.42. The van der Waals surface area contributed by atoms with Crippen LogP contribution in [0.4, 0.5) is 4.39 Å².